The average molecular weight is 419 g/mol. The minimum Gasteiger partial charge on any atom is -0.497 e. The predicted octanol–water partition coefficient (Wildman–Crippen LogP) is 4.98. The fourth-order valence-corrected chi connectivity index (χ4v) is 4.26. The van der Waals surface area contributed by atoms with E-state index in [1.807, 2.05) is 60.0 Å². The molecule has 4 aromatic rings. The number of hydrogen-bond acceptors (Lipinski definition) is 5. The maximum absolute atomic E-state index is 13.1. The standard InChI is InChI=1S/C23H22N4O2S/c1-4-13-27-22(16-9-11-17(29-3)12-10-16)25-26-23(27)30-15(2)21(28)19-14-24-20-8-6-5-7-18(19)20/h4-12,14-15,24H,1,13H2,2-3H3/t15-/m1/s1. The molecule has 1 N–H and O–H groups in total. The molecule has 2 heterocycles. The van der Waals surface area contributed by atoms with Crippen molar-refractivity contribution in [2.45, 2.75) is 23.9 Å². The van der Waals surface area contributed by atoms with Gasteiger partial charge in [-0.3, -0.25) is 9.36 Å². The van der Waals surface area contributed by atoms with E-state index in [1.165, 1.54) is 11.8 Å². The monoisotopic (exact) mass is 418 g/mol. The van der Waals surface area contributed by atoms with Crippen LogP contribution in [0.2, 0.25) is 0 Å². The SMILES string of the molecule is C=CCn1c(S[C@H](C)C(=O)c2c[nH]c3ccccc23)nnc1-c1ccc(OC)cc1. The highest BCUT2D eigenvalue weighted by molar-refractivity contribution is 8.00. The van der Waals surface area contributed by atoms with E-state index in [0.717, 1.165) is 28.0 Å². The fraction of sp³-hybridized carbons (Fsp3) is 0.174. The number of benzene rings is 2. The maximum Gasteiger partial charge on any atom is 0.192 e. The van der Waals surface area contributed by atoms with Crippen LogP contribution in [0, 0.1) is 0 Å². The van der Waals surface area contributed by atoms with E-state index in [1.54, 1.807) is 19.4 Å². The van der Waals surface area contributed by atoms with Crippen molar-refractivity contribution in [1.82, 2.24) is 19.7 Å². The van der Waals surface area contributed by atoms with Crippen LogP contribution in [0.25, 0.3) is 22.3 Å². The van der Waals surface area contributed by atoms with Gasteiger partial charge in [0.25, 0.3) is 0 Å². The Balaban J connectivity index is 1.61. The second kappa shape index (κ2) is 8.59. The number of H-pyrrole nitrogens is 1. The molecule has 0 aliphatic rings. The van der Waals surface area contributed by atoms with E-state index in [9.17, 15) is 4.79 Å². The summed E-state index contributed by atoms with van der Waals surface area (Å²) in [7, 11) is 1.63. The highest BCUT2D eigenvalue weighted by Gasteiger charge is 2.23. The Morgan fingerprint density at radius 1 is 1.23 bits per heavy atom. The highest BCUT2D eigenvalue weighted by atomic mass is 32.2. The summed E-state index contributed by atoms with van der Waals surface area (Å²) in [6, 6.07) is 15.5. The number of Topliss-reactive ketones (excluding diaryl/α,β-unsaturated/α-hetero) is 1. The summed E-state index contributed by atoms with van der Waals surface area (Å²) in [5.74, 6) is 1.56. The molecule has 4 rings (SSSR count). The quantitative estimate of drug-likeness (QED) is 0.248. The van der Waals surface area contributed by atoms with Crippen molar-refractivity contribution in [2.24, 2.45) is 0 Å². The topological polar surface area (TPSA) is 72.8 Å². The molecule has 0 fully saturated rings. The first-order valence-corrected chi connectivity index (χ1v) is 10.5. The number of aromatic nitrogens is 4. The summed E-state index contributed by atoms with van der Waals surface area (Å²) in [4.78, 5) is 16.3. The Morgan fingerprint density at radius 2 is 2.00 bits per heavy atom. The number of aromatic amines is 1. The van der Waals surface area contributed by atoms with Crippen LogP contribution >= 0.6 is 11.8 Å². The van der Waals surface area contributed by atoms with Gasteiger partial charge in [-0.15, -0.1) is 16.8 Å². The molecule has 7 heteroatoms. The number of fused-ring (bicyclic) bond motifs is 1. The Labute approximate surface area is 179 Å². The lowest BCUT2D eigenvalue weighted by Gasteiger charge is -2.12. The number of carbonyl (C=O) groups is 1. The van der Waals surface area contributed by atoms with Crippen LogP contribution in [0.3, 0.4) is 0 Å². The molecule has 0 aliphatic carbocycles. The van der Waals surface area contributed by atoms with Crippen molar-refractivity contribution >= 4 is 28.4 Å². The van der Waals surface area contributed by atoms with Crippen molar-refractivity contribution in [2.75, 3.05) is 7.11 Å². The number of hydrogen-bond donors (Lipinski definition) is 1. The number of nitrogens with one attached hydrogen (secondary N) is 1. The lowest BCUT2D eigenvalue weighted by Crippen LogP contribution is -2.14. The third-order valence-corrected chi connectivity index (χ3v) is 5.96. The lowest BCUT2D eigenvalue weighted by molar-refractivity contribution is 0.0995. The van der Waals surface area contributed by atoms with E-state index in [2.05, 4.69) is 21.8 Å². The number of thioether (sulfide) groups is 1. The Kier molecular flexibility index (Phi) is 5.72. The molecule has 6 nitrogen and oxygen atoms in total. The number of ketones is 1. The molecule has 0 unspecified atom stereocenters. The molecule has 0 spiro atoms. The summed E-state index contributed by atoms with van der Waals surface area (Å²) in [6.07, 6.45) is 3.58. The van der Waals surface area contributed by atoms with E-state index >= 15 is 0 Å². The second-order valence-electron chi connectivity index (χ2n) is 6.81. The normalized spacial score (nSPS) is 12.1. The summed E-state index contributed by atoms with van der Waals surface area (Å²) in [5.41, 5.74) is 2.57. The number of allylic oxidation sites excluding steroid dienone is 1. The van der Waals surface area contributed by atoms with Crippen LogP contribution < -0.4 is 4.74 Å². The van der Waals surface area contributed by atoms with Gasteiger partial charge in [0, 0.05) is 34.8 Å². The molecule has 0 saturated heterocycles. The molecule has 1 atom stereocenters. The molecule has 2 aromatic heterocycles. The van der Waals surface area contributed by atoms with E-state index < -0.39 is 0 Å². The van der Waals surface area contributed by atoms with Crippen LogP contribution in [0.15, 0.2) is 72.5 Å². The molecule has 0 amide bonds. The summed E-state index contributed by atoms with van der Waals surface area (Å²) in [6.45, 7) is 6.30. The molecule has 0 aliphatic heterocycles. The molecular weight excluding hydrogens is 396 g/mol. The lowest BCUT2D eigenvalue weighted by atomic mass is 10.1. The van der Waals surface area contributed by atoms with Crippen molar-refractivity contribution in [1.29, 1.82) is 0 Å². The van der Waals surface area contributed by atoms with Crippen molar-refractivity contribution in [3.05, 3.63) is 72.9 Å². The summed E-state index contributed by atoms with van der Waals surface area (Å²) < 4.78 is 7.20. The number of methoxy groups -OCH3 is 1. The van der Waals surface area contributed by atoms with Crippen LogP contribution in [-0.4, -0.2) is 37.9 Å². The molecule has 0 radical (unpaired) electrons. The number of ether oxygens (including phenoxy) is 1. The molecule has 0 saturated carbocycles. The zero-order valence-electron chi connectivity index (χ0n) is 16.8. The minimum absolute atomic E-state index is 0.0524. The number of nitrogens with zero attached hydrogens (tertiary/aromatic N) is 3. The van der Waals surface area contributed by atoms with Gasteiger partial charge in [0.05, 0.1) is 12.4 Å². The van der Waals surface area contributed by atoms with Crippen LogP contribution in [0.1, 0.15) is 17.3 Å². The first kappa shape index (κ1) is 20.0. The second-order valence-corrected chi connectivity index (χ2v) is 8.11. The van der Waals surface area contributed by atoms with Crippen molar-refractivity contribution in [3.8, 4) is 17.1 Å². The van der Waals surface area contributed by atoms with E-state index in [0.29, 0.717) is 17.3 Å². The van der Waals surface area contributed by atoms with Crippen molar-refractivity contribution < 1.29 is 9.53 Å². The van der Waals surface area contributed by atoms with Crippen molar-refractivity contribution in [3.63, 3.8) is 0 Å². The van der Waals surface area contributed by atoms with Gasteiger partial charge in [-0.1, -0.05) is 36.0 Å². The molecular formula is C23H22N4O2S. The van der Waals surface area contributed by atoms with Gasteiger partial charge in [-0.2, -0.15) is 0 Å². The smallest absolute Gasteiger partial charge is 0.192 e. The Morgan fingerprint density at radius 3 is 2.73 bits per heavy atom. The number of rotatable bonds is 8. The Hall–Kier alpha value is -3.32. The first-order chi connectivity index (χ1) is 14.6. The van der Waals surface area contributed by atoms with E-state index in [4.69, 9.17) is 4.74 Å². The number of para-hydroxylation sites is 1. The molecule has 2 aromatic carbocycles. The maximum atomic E-state index is 13.1. The average Bonchev–Trinajstić information content (AvgIpc) is 3.38. The third-order valence-electron chi connectivity index (χ3n) is 4.88. The Bertz CT molecular complexity index is 1190. The van der Waals surface area contributed by atoms with Crippen LogP contribution in [0.4, 0.5) is 0 Å². The highest BCUT2D eigenvalue weighted by Crippen LogP contribution is 2.30. The van der Waals surface area contributed by atoms with Gasteiger partial charge in [0.15, 0.2) is 16.8 Å². The predicted molar refractivity (Wildman–Crippen MR) is 120 cm³/mol. The van der Waals surface area contributed by atoms with Gasteiger partial charge in [0.2, 0.25) is 0 Å². The fourth-order valence-electron chi connectivity index (χ4n) is 3.33. The van der Waals surface area contributed by atoms with E-state index in [-0.39, 0.29) is 11.0 Å². The largest absolute Gasteiger partial charge is 0.497 e. The zero-order chi connectivity index (χ0) is 21.1. The summed E-state index contributed by atoms with van der Waals surface area (Å²) >= 11 is 1.40. The van der Waals surface area contributed by atoms with Gasteiger partial charge >= 0.3 is 0 Å². The van der Waals surface area contributed by atoms with Crippen LogP contribution in [0.5, 0.6) is 5.75 Å². The first-order valence-electron chi connectivity index (χ1n) is 9.58. The van der Waals surface area contributed by atoms with Gasteiger partial charge in [-0.05, 0) is 37.3 Å². The van der Waals surface area contributed by atoms with Crippen LogP contribution in [-0.2, 0) is 6.54 Å². The minimum atomic E-state index is -0.319. The van der Waals surface area contributed by atoms with Gasteiger partial charge < -0.3 is 9.72 Å². The zero-order valence-corrected chi connectivity index (χ0v) is 17.6. The summed E-state index contributed by atoms with van der Waals surface area (Å²) in [5, 5.41) is 10.0. The third kappa shape index (κ3) is 3.76. The molecule has 30 heavy (non-hydrogen) atoms. The van der Waals surface area contributed by atoms with Gasteiger partial charge in [0.1, 0.15) is 5.75 Å². The number of carbonyl (C=O) groups excluding carboxylic acids is 1. The molecule has 152 valence electrons. The van der Waals surface area contributed by atoms with Gasteiger partial charge in [-0.25, -0.2) is 0 Å². The molecule has 0 bridgehead atoms.